The monoisotopic (exact) mass is 346 g/mol. The quantitative estimate of drug-likeness (QED) is 0.747. The Morgan fingerprint density at radius 1 is 1.12 bits per heavy atom. The normalized spacial score (nSPS) is 16.5. The molecule has 26 heavy (non-hydrogen) atoms. The summed E-state index contributed by atoms with van der Waals surface area (Å²) >= 11 is 0. The predicted molar refractivity (Wildman–Crippen MR) is 102 cm³/mol. The van der Waals surface area contributed by atoms with Crippen LogP contribution in [-0.2, 0) is 0 Å². The van der Waals surface area contributed by atoms with Crippen LogP contribution in [0, 0.1) is 0 Å². The van der Waals surface area contributed by atoms with Gasteiger partial charge < -0.3 is 10.6 Å². The van der Waals surface area contributed by atoms with Crippen LogP contribution in [0.3, 0.4) is 0 Å². The Morgan fingerprint density at radius 2 is 1.85 bits per heavy atom. The fourth-order valence-electron chi connectivity index (χ4n) is 3.30. The van der Waals surface area contributed by atoms with Gasteiger partial charge in [0, 0.05) is 24.3 Å². The van der Waals surface area contributed by atoms with Crippen LogP contribution in [0.5, 0.6) is 0 Å². The number of nitrogens with one attached hydrogen (secondary N) is 2. The molecule has 2 aromatic carbocycles. The van der Waals surface area contributed by atoms with Crippen LogP contribution in [-0.4, -0.2) is 34.8 Å². The van der Waals surface area contributed by atoms with E-state index in [-0.39, 0.29) is 5.91 Å². The van der Waals surface area contributed by atoms with Crippen molar-refractivity contribution in [3.05, 3.63) is 72.4 Å². The second-order valence-corrected chi connectivity index (χ2v) is 6.54. The first-order valence-electron chi connectivity index (χ1n) is 9.03. The van der Waals surface area contributed by atoms with Crippen molar-refractivity contribution in [3.63, 3.8) is 0 Å². The highest BCUT2D eigenvalue weighted by atomic mass is 16.1. The Labute approximate surface area is 153 Å². The van der Waals surface area contributed by atoms with Crippen LogP contribution in [0.15, 0.2) is 66.9 Å². The molecule has 5 nitrogen and oxygen atoms in total. The van der Waals surface area contributed by atoms with Gasteiger partial charge in [0.15, 0.2) is 0 Å². The molecular formula is C21H22N4O. The maximum absolute atomic E-state index is 12.8. The molecule has 4 rings (SSSR count). The molecule has 1 aromatic heterocycles. The van der Waals surface area contributed by atoms with Crippen LogP contribution in [0.2, 0.25) is 0 Å². The van der Waals surface area contributed by atoms with E-state index in [0.717, 1.165) is 24.2 Å². The average Bonchev–Trinajstić information content (AvgIpc) is 3.37. The molecule has 1 unspecified atom stereocenters. The number of para-hydroxylation sites is 1. The fourth-order valence-corrected chi connectivity index (χ4v) is 3.30. The largest absolute Gasteiger partial charge is 0.350 e. The maximum atomic E-state index is 12.8. The highest BCUT2D eigenvalue weighted by Crippen LogP contribution is 2.23. The SMILES string of the molecule is O=C(NCC1CCCN1)c1cn(-c2ccccc2)nc1-c1ccccc1. The lowest BCUT2D eigenvalue weighted by Crippen LogP contribution is -2.37. The number of carbonyl (C=O) groups excluding carboxylic acids is 1. The average molecular weight is 346 g/mol. The molecule has 132 valence electrons. The Kier molecular flexibility index (Phi) is 4.80. The Morgan fingerprint density at radius 3 is 2.54 bits per heavy atom. The minimum atomic E-state index is -0.0836. The number of amides is 1. The van der Waals surface area contributed by atoms with Gasteiger partial charge in [0.2, 0.25) is 0 Å². The number of hydrogen-bond donors (Lipinski definition) is 2. The van der Waals surface area contributed by atoms with Gasteiger partial charge in [-0.2, -0.15) is 5.10 Å². The third kappa shape index (κ3) is 3.53. The van der Waals surface area contributed by atoms with Gasteiger partial charge >= 0.3 is 0 Å². The zero-order valence-electron chi connectivity index (χ0n) is 14.6. The zero-order valence-corrected chi connectivity index (χ0v) is 14.6. The molecule has 0 radical (unpaired) electrons. The van der Waals surface area contributed by atoms with Crippen LogP contribution in [0.4, 0.5) is 0 Å². The van der Waals surface area contributed by atoms with E-state index in [2.05, 4.69) is 10.6 Å². The smallest absolute Gasteiger partial charge is 0.255 e. The molecule has 2 N–H and O–H groups in total. The summed E-state index contributed by atoms with van der Waals surface area (Å²) in [5, 5.41) is 11.2. The first-order valence-corrected chi connectivity index (χ1v) is 9.03. The number of hydrogen-bond acceptors (Lipinski definition) is 3. The molecule has 0 saturated carbocycles. The third-order valence-corrected chi connectivity index (χ3v) is 4.70. The summed E-state index contributed by atoms with van der Waals surface area (Å²) in [5.74, 6) is -0.0836. The fraction of sp³-hybridized carbons (Fsp3) is 0.238. The van der Waals surface area contributed by atoms with Crippen LogP contribution in [0.1, 0.15) is 23.2 Å². The molecule has 2 heterocycles. The predicted octanol–water partition coefficient (Wildman–Crippen LogP) is 3.02. The van der Waals surface area contributed by atoms with E-state index in [9.17, 15) is 4.79 Å². The summed E-state index contributed by atoms with van der Waals surface area (Å²) in [4.78, 5) is 12.8. The molecular weight excluding hydrogens is 324 g/mol. The highest BCUT2D eigenvalue weighted by molar-refractivity contribution is 5.99. The van der Waals surface area contributed by atoms with Crippen LogP contribution >= 0.6 is 0 Å². The molecule has 1 amide bonds. The minimum absolute atomic E-state index is 0.0836. The van der Waals surface area contributed by atoms with Crippen LogP contribution < -0.4 is 10.6 Å². The van der Waals surface area contributed by atoms with E-state index in [1.54, 1.807) is 4.68 Å². The molecule has 1 aliphatic heterocycles. The van der Waals surface area contributed by atoms with Gasteiger partial charge in [-0.25, -0.2) is 4.68 Å². The molecule has 1 fully saturated rings. The number of rotatable bonds is 5. The van der Waals surface area contributed by atoms with E-state index in [1.165, 1.54) is 6.42 Å². The number of aromatic nitrogens is 2. The van der Waals surface area contributed by atoms with E-state index in [0.29, 0.717) is 23.8 Å². The second kappa shape index (κ2) is 7.54. The van der Waals surface area contributed by atoms with Crippen molar-refractivity contribution in [2.24, 2.45) is 0 Å². The summed E-state index contributed by atoms with van der Waals surface area (Å²) < 4.78 is 1.77. The topological polar surface area (TPSA) is 59.0 Å². The molecule has 0 aliphatic carbocycles. The number of benzene rings is 2. The third-order valence-electron chi connectivity index (χ3n) is 4.70. The van der Waals surface area contributed by atoms with E-state index >= 15 is 0 Å². The van der Waals surface area contributed by atoms with Crippen molar-refractivity contribution in [1.82, 2.24) is 20.4 Å². The van der Waals surface area contributed by atoms with Gasteiger partial charge in [-0.15, -0.1) is 0 Å². The summed E-state index contributed by atoms with van der Waals surface area (Å²) in [6.07, 6.45) is 4.09. The lowest BCUT2D eigenvalue weighted by molar-refractivity contribution is 0.0951. The van der Waals surface area contributed by atoms with Gasteiger partial charge in [-0.1, -0.05) is 48.5 Å². The molecule has 1 aliphatic rings. The van der Waals surface area contributed by atoms with Gasteiger partial charge in [0.05, 0.1) is 11.3 Å². The molecule has 1 saturated heterocycles. The van der Waals surface area contributed by atoms with Crippen molar-refractivity contribution >= 4 is 5.91 Å². The number of carbonyl (C=O) groups is 1. The lowest BCUT2D eigenvalue weighted by atomic mass is 10.1. The Bertz CT molecular complexity index is 868. The van der Waals surface area contributed by atoms with E-state index < -0.39 is 0 Å². The second-order valence-electron chi connectivity index (χ2n) is 6.54. The van der Waals surface area contributed by atoms with Gasteiger partial charge in [-0.05, 0) is 31.5 Å². The standard InChI is InChI=1S/C21H22N4O/c26-21(23-14-17-10-7-13-22-17)19-15-25(18-11-5-2-6-12-18)24-20(19)16-8-3-1-4-9-16/h1-6,8-9,11-12,15,17,22H,7,10,13-14H2,(H,23,26). The number of nitrogens with zero attached hydrogens (tertiary/aromatic N) is 2. The van der Waals surface area contributed by atoms with Crippen molar-refractivity contribution in [2.45, 2.75) is 18.9 Å². The molecule has 1 atom stereocenters. The van der Waals surface area contributed by atoms with Gasteiger partial charge in [0.1, 0.15) is 5.69 Å². The molecule has 0 bridgehead atoms. The summed E-state index contributed by atoms with van der Waals surface area (Å²) in [5.41, 5.74) is 3.16. The van der Waals surface area contributed by atoms with Crippen molar-refractivity contribution < 1.29 is 4.79 Å². The van der Waals surface area contributed by atoms with Gasteiger partial charge in [-0.3, -0.25) is 4.79 Å². The van der Waals surface area contributed by atoms with Crippen molar-refractivity contribution in [3.8, 4) is 16.9 Å². The summed E-state index contributed by atoms with van der Waals surface area (Å²) in [6, 6.07) is 20.1. The molecule has 5 heteroatoms. The molecule has 3 aromatic rings. The van der Waals surface area contributed by atoms with Crippen molar-refractivity contribution in [1.29, 1.82) is 0 Å². The first-order chi connectivity index (χ1) is 12.8. The maximum Gasteiger partial charge on any atom is 0.255 e. The van der Waals surface area contributed by atoms with E-state index in [4.69, 9.17) is 5.10 Å². The Balaban J connectivity index is 1.65. The minimum Gasteiger partial charge on any atom is -0.350 e. The first kappa shape index (κ1) is 16.5. The summed E-state index contributed by atoms with van der Waals surface area (Å²) in [6.45, 7) is 1.67. The van der Waals surface area contributed by atoms with Gasteiger partial charge in [0.25, 0.3) is 5.91 Å². The highest BCUT2D eigenvalue weighted by Gasteiger charge is 2.20. The Hall–Kier alpha value is -2.92. The van der Waals surface area contributed by atoms with E-state index in [1.807, 2.05) is 66.9 Å². The van der Waals surface area contributed by atoms with Crippen molar-refractivity contribution in [2.75, 3.05) is 13.1 Å². The molecule has 0 spiro atoms. The lowest BCUT2D eigenvalue weighted by Gasteiger charge is -2.11. The van der Waals surface area contributed by atoms with Crippen LogP contribution in [0.25, 0.3) is 16.9 Å². The zero-order chi connectivity index (χ0) is 17.8. The summed E-state index contributed by atoms with van der Waals surface area (Å²) in [7, 11) is 0.